The van der Waals surface area contributed by atoms with Gasteiger partial charge in [0.15, 0.2) is 0 Å². The van der Waals surface area contributed by atoms with E-state index < -0.39 is 0 Å². The number of para-hydroxylation sites is 1. The standard InChI is InChI=1S/C15H23NO3/c1-12(2)16(14-8-6-5-7-13(14)3)15(17)11-19-10-9-18-4/h5-8,12H,9-11H2,1-4H3. The van der Waals surface area contributed by atoms with Crippen molar-refractivity contribution in [1.82, 2.24) is 0 Å². The molecule has 1 aromatic rings. The molecule has 0 atom stereocenters. The fourth-order valence-electron chi connectivity index (χ4n) is 1.91. The molecule has 4 heteroatoms. The summed E-state index contributed by atoms with van der Waals surface area (Å²) < 4.78 is 10.2. The predicted molar refractivity (Wildman–Crippen MR) is 76.5 cm³/mol. The number of ether oxygens (including phenoxy) is 2. The summed E-state index contributed by atoms with van der Waals surface area (Å²) in [5.74, 6) is -0.0274. The summed E-state index contributed by atoms with van der Waals surface area (Å²) in [6.45, 7) is 7.01. The van der Waals surface area contributed by atoms with Crippen LogP contribution in [0.1, 0.15) is 19.4 Å². The molecular formula is C15H23NO3. The van der Waals surface area contributed by atoms with Gasteiger partial charge >= 0.3 is 0 Å². The first-order valence-corrected chi connectivity index (χ1v) is 6.52. The van der Waals surface area contributed by atoms with E-state index in [-0.39, 0.29) is 18.6 Å². The molecule has 106 valence electrons. The summed E-state index contributed by atoms with van der Waals surface area (Å²) in [5, 5.41) is 0. The van der Waals surface area contributed by atoms with Gasteiger partial charge in [0.25, 0.3) is 5.91 Å². The third-order valence-corrected chi connectivity index (χ3v) is 2.82. The van der Waals surface area contributed by atoms with Crippen LogP contribution < -0.4 is 4.90 Å². The highest BCUT2D eigenvalue weighted by Crippen LogP contribution is 2.21. The van der Waals surface area contributed by atoms with E-state index in [9.17, 15) is 4.79 Å². The summed E-state index contributed by atoms with van der Waals surface area (Å²) in [6, 6.07) is 7.97. The van der Waals surface area contributed by atoms with E-state index in [1.807, 2.05) is 45.0 Å². The Bertz CT molecular complexity index is 404. The molecule has 0 saturated heterocycles. The van der Waals surface area contributed by atoms with Crippen LogP contribution >= 0.6 is 0 Å². The van der Waals surface area contributed by atoms with Gasteiger partial charge in [0.1, 0.15) is 6.61 Å². The van der Waals surface area contributed by atoms with Gasteiger partial charge in [-0.15, -0.1) is 0 Å². The lowest BCUT2D eigenvalue weighted by Crippen LogP contribution is -2.40. The zero-order chi connectivity index (χ0) is 14.3. The Kier molecular flexibility index (Phi) is 6.53. The van der Waals surface area contributed by atoms with Crippen molar-refractivity contribution in [2.75, 3.05) is 31.8 Å². The van der Waals surface area contributed by atoms with Gasteiger partial charge in [-0.3, -0.25) is 4.79 Å². The Balaban J connectivity index is 2.73. The molecule has 1 amide bonds. The molecule has 0 aromatic heterocycles. The molecule has 0 N–H and O–H groups in total. The van der Waals surface area contributed by atoms with Crippen LogP contribution in [-0.2, 0) is 14.3 Å². The van der Waals surface area contributed by atoms with Gasteiger partial charge in [0.05, 0.1) is 13.2 Å². The van der Waals surface area contributed by atoms with Gasteiger partial charge in [-0.25, -0.2) is 0 Å². The van der Waals surface area contributed by atoms with Crippen molar-refractivity contribution in [2.24, 2.45) is 0 Å². The minimum Gasteiger partial charge on any atom is -0.382 e. The smallest absolute Gasteiger partial charge is 0.253 e. The lowest BCUT2D eigenvalue weighted by atomic mass is 10.1. The summed E-state index contributed by atoms with van der Waals surface area (Å²) in [7, 11) is 1.61. The molecule has 1 aromatic carbocycles. The highest BCUT2D eigenvalue weighted by molar-refractivity contribution is 5.95. The van der Waals surface area contributed by atoms with Crippen molar-refractivity contribution < 1.29 is 14.3 Å². The van der Waals surface area contributed by atoms with E-state index in [1.54, 1.807) is 12.0 Å². The third kappa shape index (κ3) is 4.65. The number of anilines is 1. The molecule has 0 aliphatic heterocycles. The second-order valence-corrected chi connectivity index (χ2v) is 4.69. The van der Waals surface area contributed by atoms with Gasteiger partial charge in [-0.2, -0.15) is 0 Å². The van der Waals surface area contributed by atoms with E-state index in [1.165, 1.54) is 0 Å². The molecule has 1 rings (SSSR count). The van der Waals surface area contributed by atoms with E-state index in [2.05, 4.69) is 0 Å². The highest BCUT2D eigenvalue weighted by Gasteiger charge is 2.20. The van der Waals surface area contributed by atoms with Crippen molar-refractivity contribution in [3.8, 4) is 0 Å². The van der Waals surface area contributed by atoms with Gasteiger partial charge in [0, 0.05) is 18.8 Å². The number of benzene rings is 1. The van der Waals surface area contributed by atoms with Crippen LogP contribution in [-0.4, -0.2) is 38.9 Å². The van der Waals surface area contributed by atoms with E-state index in [4.69, 9.17) is 9.47 Å². The first-order chi connectivity index (χ1) is 9.07. The predicted octanol–water partition coefficient (Wildman–Crippen LogP) is 2.40. The SMILES string of the molecule is COCCOCC(=O)N(c1ccccc1C)C(C)C. The zero-order valence-electron chi connectivity index (χ0n) is 12.2. The van der Waals surface area contributed by atoms with Gasteiger partial charge < -0.3 is 14.4 Å². The average Bonchev–Trinajstić information content (AvgIpc) is 2.37. The van der Waals surface area contributed by atoms with Crippen LogP contribution in [0.5, 0.6) is 0 Å². The van der Waals surface area contributed by atoms with Gasteiger partial charge in [0.2, 0.25) is 0 Å². The lowest BCUT2D eigenvalue weighted by molar-refractivity contribution is -0.123. The molecule has 0 spiro atoms. The normalized spacial score (nSPS) is 10.8. The van der Waals surface area contributed by atoms with Crippen molar-refractivity contribution in [3.05, 3.63) is 29.8 Å². The monoisotopic (exact) mass is 265 g/mol. The fraction of sp³-hybridized carbons (Fsp3) is 0.533. The summed E-state index contributed by atoms with van der Waals surface area (Å²) in [5.41, 5.74) is 2.03. The van der Waals surface area contributed by atoms with Crippen LogP contribution in [0.25, 0.3) is 0 Å². The van der Waals surface area contributed by atoms with E-state index in [0.29, 0.717) is 13.2 Å². The Hall–Kier alpha value is -1.39. The van der Waals surface area contributed by atoms with Crippen molar-refractivity contribution in [1.29, 1.82) is 0 Å². The second-order valence-electron chi connectivity index (χ2n) is 4.69. The Morgan fingerprint density at radius 3 is 2.53 bits per heavy atom. The molecule has 0 saturated carbocycles. The molecule has 0 bridgehead atoms. The van der Waals surface area contributed by atoms with Crippen LogP contribution in [0.15, 0.2) is 24.3 Å². The quantitative estimate of drug-likeness (QED) is 0.711. The Labute approximate surface area is 115 Å². The van der Waals surface area contributed by atoms with E-state index in [0.717, 1.165) is 11.3 Å². The first kappa shape index (κ1) is 15.7. The molecule has 0 unspecified atom stereocenters. The minimum atomic E-state index is -0.0274. The zero-order valence-corrected chi connectivity index (χ0v) is 12.2. The van der Waals surface area contributed by atoms with Crippen LogP contribution in [0, 0.1) is 6.92 Å². The number of amides is 1. The lowest BCUT2D eigenvalue weighted by Gasteiger charge is -2.28. The number of nitrogens with zero attached hydrogens (tertiary/aromatic N) is 1. The fourth-order valence-corrected chi connectivity index (χ4v) is 1.91. The molecule has 0 fully saturated rings. The van der Waals surface area contributed by atoms with Crippen LogP contribution in [0.4, 0.5) is 5.69 Å². The Morgan fingerprint density at radius 1 is 1.26 bits per heavy atom. The topological polar surface area (TPSA) is 38.8 Å². The number of aryl methyl sites for hydroxylation is 1. The summed E-state index contributed by atoms with van der Waals surface area (Å²) in [6.07, 6.45) is 0. The number of carbonyl (C=O) groups excluding carboxylic acids is 1. The van der Waals surface area contributed by atoms with Gasteiger partial charge in [-0.1, -0.05) is 18.2 Å². The largest absolute Gasteiger partial charge is 0.382 e. The van der Waals surface area contributed by atoms with Crippen molar-refractivity contribution >= 4 is 11.6 Å². The number of carbonyl (C=O) groups is 1. The second kappa shape index (κ2) is 7.92. The number of hydrogen-bond acceptors (Lipinski definition) is 3. The van der Waals surface area contributed by atoms with Gasteiger partial charge in [-0.05, 0) is 32.4 Å². The maximum atomic E-state index is 12.3. The molecule has 0 radical (unpaired) electrons. The van der Waals surface area contributed by atoms with Crippen molar-refractivity contribution in [2.45, 2.75) is 26.8 Å². The summed E-state index contributed by atoms with van der Waals surface area (Å²) >= 11 is 0. The highest BCUT2D eigenvalue weighted by atomic mass is 16.5. The number of rotatable bonds is 7. The third-order valence-electron chi connectivity index (χ3n) is 2.82. The first-order valence-electron chi connectivity index (χ1n) is 6.52. The molecule has 0 heterocycles. The van der Waals surface area contributed by atoms with Crippen LogP contribution in [0.3, 0.4) is 0 Å². The number of methoxy groups -OCH3 is 1. The van der Waals surface area contributed by atoms with Crippen molar-refractivity contribution in [3.63, 3.8) is 0 Å². The maximum Gasteiger partial charge on any atom is 0.253 e. The molecule has 0 aliphatic rings. The van der Waals surface area contributed by atoms with E-state index >= 15 is 0 Å². The maximum absolute atomic E-state index is 12.3. The molecular weight excluding hydrogens is 242 g/mol. The molecule has 4 nitrogen and oxygen atoms in total. The summed E-state index contributed by atoms with van der Waals surface area (Å²) in [4.78, 5) is 14.0. The molecule has 0 aliphatic carbocycles. The Morgan fingerprint density at radius 2 is 1.95 bits per heavy atom. The number of hydrogen-bond donors (Lipinski definition) is 0. The average molecular weight is 265 g/mol. The molecule has 19 heavy (non-hydrogen) atoms. The van der Waals surface area contributed by atoms with Crippen LogP contribution in [0.2, 0.25) is 0 Å². The minimum absolute atomic E-state index is 0.0274.